The van der Waals surface area contributed by atoms with Crippen LogP contribution in [0.2, 0.25) is 0 Å². The molecule has 0 amide bonds. The summed E-state index contributed by atoms with van der Waals surface area (Å²) in [4.78, 5) is 4.47. The number of aromatic nitrogens is 1. The summed E-state index contributed by atoms with van der Waals surface area (Å²) in [5.74, 6) is 0.529. The third kappa shape index (κ3) is 2.01. The topological polar surface area (TPSA) is 72.0 Å². The molecule has 0 saturated heterocycles. The molecule has 0 aromatic carbocycles. The lowest BCUT2D eigenvalue weighted by Crippen LogP contribution is -2.17. The molecule has 1 aromatic rings. The van der Waals surface area contributed by atoms with Crippen LogP contribution in [-0.4, -0.2) is 16.9 Å². The van der Waals surface area contributed by atoms with Crippen molar-refractivity contribution in [3.05, 3.63) is 22.9 Å². The summed E-state index contributed by atoms with van der Waals surface area (Å²) in [6.07, 6.45) is 3.21. The van der Waals surface area contributed by atoms with Crippen molar-refractivity contribution >= 4 is 5.84 Å². The molecule has 0 radical (unpaired) electrons. The molecule has 0 fully saturated rings. The van der Waals surface area contributed by atoms with Crippen molar-refractivity contribution in [2.24, 2.45) is 5.73 Å². The van der Waals surface area contributed by atoms with Crippen LogP contribution in [0, 0.1) is 5.41 Å². The van der Waals surface area contributed by atoms with Gasteiger partial charge >= 0.3 is 0 Å². The molecule has 2 rings (SSSR count). The van der Waals surface area contributed by atoms with Crippen LogP contribution < -0.4 is 10.5 Å². The van der Waals surface area contributed by atoms with Crippen LogP contribution in [-0.2, 0) is 12.8 Å². The predicted octanol–water partition coefficient (Wildman–Crippen LogP) is 1.64. The number of rotatable bonds is 3. The first-order valence-corrected chi connectivity index (χ1v) is 5.61. The largest absolute Gasteiger partial charge is 0.474 e. The third-order valence-electron chi connectivity index (χ3n) is 2.65. The van der Waals surface area contributed by atoms with Crippen molar-refractivity contribution in [2.45, 2.75) is 39.2 Å². The highest BCUT2D eigenvalue weighted by molar-refractivity contribution is 5.97. The fourth-order valence-electron chi connectivity index (χ4n) is 1.96. The van der Waals surface area contributed by atoms with Crippen molar-refractivity contribution < 1.29 is 4.74 Å². The van der Waals surface area contributed by atoms with Crippen molar-refractivity contribution in [3.8, 4) is 5.88 Å². The maximum Gasteiger partial charge on any atom is 0.225 e. The summed E-state index contributed by atoms with van der Waals surface area (Å²) in [5, 5.41) is 7.54. The molecule has 0 atom stereocenters. The summed E-state index contributed by atoms with van der Waals surface area (Å²) in [5.41, 5.74) is 8.47. The Kier molecular flexibility index (Phi) is 2.81. The van der Waals surface area contributed by atoms with E-state index >= 15 is 0 Å². The van der Waals surface area contributed by atoms with Gasteiger partial charge in [-0.2, -0.15) is 0 Å². The number of amidine groups is 1. The Morgan fingerprint density at radius 3 is 2.88 bits per heavy atom. The lowest BCUT2D eigenvalue weighted by atomic mass is 10.1. The minimum atomic E-state index is 0.0258. The zero-order valence-electron chi connectivity index (χ0n) is 9.71. The van der Waals surface area contributed by atoms with E-state index in [1.807, 2.05) is 19.9 Å². The molecule has 86 valence electrons. The molecule has 0 bridgehead atoms. The average molecular weight is 219 g/mol. The third-order valence-corrected chi connectivity index (χ3v) is 2.65. The first kappa shape index (κ1) is 10.9. The van der Waals surface area contributed by atoms with E-state index in [2.05, 4.69) is 4.98 Å². The number of fused-ring (bicyclic) bond motifs is 1. The van der Waals surface area contributed by atoms with Gasteiger partial charge in [0, 0.05) is 5.69 Å². The van der Waals surface area contributed by atoms with Crippen LogP contribution in [0.3, 0.4) is 0 Å². The first-order valence-electron chi connectivity index (χ1n) is 5.61. The summed E-state index contributed by atoms with van der Waals surface area (Å²) < 4.78 is 5.60. The van der Waals surface area contributed by atoms with Gasteiger partial charge in [-0.25, -0.2) is 4.98 Å². The van der Waals surface area contributed by atoms with Gasteiger partial charge in [0.1, 0.15) is 5.84 Å². The number of hydrogen-bond donors (Lipinski definition) is 2. The number of nitrogens with one attached hydrogen (secondary N) is 1. The summed E-state index contributed by atoms with van der Waals surface area (Å²) in [6, 6.07) is 1.95. The number of aryl methyl sites for hydroxylation is 2. The van der Waals surface area contributed by atoms with E-state index in [1.165, 1.54) is 5.56 Å². The van der Waals surface area contributed by atoms with Crippen molar-refractivity contribution in [3.63, 3.8) is 0 Å². The highest BCUT2D eigenvalue weighted by Gasteiger charge is 2.19. The molecule has 0 spiro atoms. The van der Waals surface area contributed by atoms with Gasteiger partial charge in [0.05, 0.1) is 11.7 Å². The second kappa shape index (κ2) is 4.12. The van der Waals surface area contributed by atoms with Crippen LogP contribution in [0.25, 0.3) is 0 Å². The van der Waals surface area contributed by atoms with Gasteiger partial charge in [-0.05, 0) is 44.7 Å². The van der Waals surface area contributed by atoms with Gasteiger partial charge in [-0.3, -0.25) is 5.41 Å². The molecule has 0 unspecified atom stereocenters. The molecule has 16 heavy (non-hydrogen) atoms. The SMILES string of the molecule is CC(C)Oc1nc2c(cc1C(=N)N)CCC2. The zero-order chi connectivity index (χ0) is 11.7. The van der Waals surface area contributed by atoms with Crippen LogP contribution in [0.5, 0.6) is 5.88 Å². The second-order valence-electron chi connectivity index (χ2n) is 4.38. The number of hydrogen-bond acceptors (Lipinski definition) is 3. The van der Waals surface area contributed by atoms with Gasteiger partial charge in [0.25, 0.3) is 0 Å². The molecule has 1 aromatic heterocycles. The van der Waals surface area contributed by atoms with E-state index in [-0.39, 0.29) is 11.9 Å². The van der Waals surface area contributed by atoms with Crippen LogP contribution in [0.15, 0.2) is 6.07 Å². The number of pyridine rings is 1. The maximum atomic E-state index is 7.54. The standard InChI is InChI=1S/C12H17N3O/c1-7(2)16-12-9(11(13)14)6-8-4-3-5-10(8)15-12/h6-7H,3-5H2,1-2H3,(H3,13,14). The van der Waals surface area contributed by atoms with E-state index in [4.69, 9.17) is 15.9 Å². The van der Waals surface area contributed by atoms with Crippen molar-refractivity contribution in [2.75, 3.05) is 0 Å². The van der Waals surface area contributed by atoms with Gasteiger partial charge in [-0.15, -0.1) is 0 Å². The number of nitrogens with zero attached hydrogens (tertiary/aromatic N) is 1. The highest BCUT2D eigenvalue weighted by atomic mass is 16.5. The summed E-state index contributed by atoms with van der Waals surface area (Å²) >= 11 is 0. The van der Waals surface area contributed by atoms with Crippen LogP contribution in [0.4, 0.5) is 0 Å². The fourth-order valence-corrected chi connectivity index (χ4v) is 1.96. The smallest absolute Gasteiger partial charge is 0.225 e. The lowest BCUT2D eigenvalue weighted by Gasteiger charge is -2.14. The Hall–Kier alpha value is -1.58. The van der Waals surface area contributed by atoms with E-state index in [0.29, 0.717) is 11.4 Å². The van der Waals surface area contributed by atoms with E-state index in [0.717, 1.165) is 25.0 Å². The molecular formula is C12H17N3O. The molecular weight excluding hydrogens is 202 g/mol. The number of nitrogens with two attached hydrogens (primary N) is 1. The molecule has 0 aliphatic heterocycles. The monoisotopic (exact) mass is 219 g/mol. The Balaban J connectivity index is 2.44. The van der Waals surface area contributed by atoms with E-state index in [9.17, 15) is 0 Å². The molecule has 3 N–H and O–H groups in total. The quantitative estimate of drug-likeness (QED) is 0.599. The Labute approximate surface area is 95.3 Å². The first-order chi connectivity index (χ1) is 7.58. The fraction of sp³-hybridized carbons (Fsp3) is 0.500. The summed E-state index contributed by atoms with van der Waals surface area (Å²) in [7, 11) is 0. The van der Waals surface area contributed by atoms with Crippen molar-refractivity contribution in [1.82, 2.24) is 4.98 Å². The molecule has 1 aliphatic carbocycles. The summed E-state index contributed by atoms with van der Waals surface area (Å²) in [6.45, 7) is 3.89. The second-order valence-corrected chi connectivity index (χ2v) is 4.38. The van der Waals surface area contributed by atoms with Crippen LogP contribution in [0.1, 0.15) is 37.1 Å². The molecule has 1 heterocycles. The predicted molar refractivity (Wildman–Crippen MR) is 63.0 cm³/mol. The lowest BCUT2D eigenvalue weighted by molar-refractivity contribution is 0.231. The Bertz CT molecular complexity index is 427. The molecule has 4 heteroatoms. The van der Waals surface area contributed by atoms with Gasteiger partial charge in [0.15, 0.2) is 0 Å². The van der Waals surface area contributed by atoms with Crippen LogP contribution >= 0.6 is 0 Å². The minimum absolute atomic E-state index is 0.0258. The number of nitrogen functional groups attached to an aromatic ring is 1. The molecule has 0 saturated carbocycles. The normalized spacial score (nSPS) is 13.9. The van der Waals surface area contributed by atoms with E-state index < -0.39 is 0 Å². The van der Waals surface area contributed by atoms with Gasteiger partial charge in [-0.1, -0.05) is 0 Å². The van der Waals surface area contributed by atoms with Gasteiger partial charge < -0.3 is 10.5 Å². The molecule has 4 nitrogen and oxygen atoms in total. The average Bonchev–Trinajstić information content (AvgIpc) is 2.62. The van der Waals surface area contributed by atoms with Crippen molar-refractivity contribution in [1.29, 1.82) is 5.41 Å². The zero-order valence-corrected chi connectivity index (χ0v) is 9.71. The minimum Gasteiger partial charge on any atom is -0.474 e. The number of ether oxygens (including phenoxy) is 1. The van der Waals surface area contributed by atoms with Gasteiger partial charge in [0.2, 0.25) is 5.88 Å². The highest BCUT2D eigenvalue weighted by Crippen LogP contribution is 2.26. The maximum absolute atomic E-state index is 7.54. The van der Waals surface area contributed by atoms with E-state index in [1.54, 1.807) is 0 Å². The Morgan fingerprint density at radius 2 is 2.25 bits per heavy atom. The Morgan fingerprint density at radius 1 is 1.50 bits per heavy atom. The molecule has 1 aliphatic rings.